The first-order valence-corrected chi connectivity index (χ1v) is 8.08. The minimum Gasteiger partial charge on any atom is -0.358 e. The Labute approximate surface area is 154 Å². The van der Waals surface area contributed by atoms with E-state index in [9.17, 15) is 14.9 Å². The number of rotatable bonds is 5. The van der Waals surface area contributed by atoms with Crippen LogP contribution in [-0.4, -0.2) is 30.8 Å². The third-order valence-electron chi connectivity index (χ3n) is 3.23. The van der Waals surface area contributed by atoms with E-state index in [2.05, 4.69) is 36.5 Å². The highest BCUT2D eigenvalue weighted by Gasteiger charge is 2.19. The van der Waals surface area contributed by atoms with Crippen LogP contribution in [0.25, 0.3) is 0 Å². The lowest BCUT2D eigenvalue weighted by Crippen LogP contribution is -2.13. The van der Waals surface area contributed by atoms with Crippen LogP contribution in [0.15, 0.2) is 41.0 Å². The summed E-state index contributed by atoms with van der Waals surface area (Å²) in [5.74, 6) is -0.718. The molecular weight excluding hydrogens is 416 g/mol. The van der Waals surface area contributed by atoms with Crippen molar-refractivity contribution < 1.29 is 9.72 Å². The molecule has 2 N–H and O–H groups in total. The van der Waals surface area contributed by atoms with Crippen molar-refractivity contribution in [1.82, 2.24) is 20.0 Å². The van der Waals surface area contributed by atoms with Gasteiger partial charge in [-0.2, -0.15) is 5.10 Å². The van der Waals surface area contributed by atoms with Gasteiger partial charge in [0.1, 0.15) is 0 Å². The van der Waals surface area contributed by atoms with E-state index in [0.29, 0.717) is 16.0 Å². The Bertz CT molecular complexity index is 954. The van der Waals surface area contributed by atoms with Gasteiger partial charge in [0.25, 0.3) is 5.91 Å². The summed E-state index contributed by atoms with van der Waals surface area (Å²) < 4.78 is 2.16. The minimum atomic E-state index is -0.669. The van der Waals surface area contributed by atoms with Gasteiger partial charge in [-0.3, -0.25) is 9.48 Å². The summed E-state index contributed by atoms with van der Waals surface area (Å²) in [5, 5.41) is 23.8. The smallest absolute Gasteiger partial charge is 0.343 e. The van der Waals surface area contributed by atoms with Crippen molar-refractivity contribution in [1.29, 1.82) is 0 Å². The summed E-state index contributed by atoms with van der Waals surface area (Å²) >= 11 is 9.43. The number of aromatic nitrogens is 4. The first-order valence-electron chi connectivity index (χ1n) is 6.91. The van der Waals surface area contributed by atoms with E-state index < -0.39 is 10.8 Å². The number of H-pyrrole nitrogens is 1. The Morgan fingerprint density at radius 3 is 2.88 bits per heavy atom. The molecule has 0 atom stereocenters. The third kappa shape index (κ3) is 3.86. The van der Waals surface area contributed by atoms with Crippen molar-refractivity contribution in [2.75, 3.05) is 5.32 Å². The van der Waals surface area contributed by atoms with E-state index in [1.165, 1.54) is 0 Å². The predicted octanol–water partition coefficient (Wildman–Crippen LogP) is 3.23. The molecule has 0 aliphatic heterocycles. The molecule has 25 heavy (non-hydrogen) atoms. The quantitative estimate of drug-likeness (QED) is 0.480. The van der Waals surface area contributed by atoms with E-state index in [4.69, 9.17) is 11.6 Å². The first kappa shape index (κ1) is 17.1. The average molecular weight is 426 g/mol. The van der Waals surface area contributed by atoms with Gasteiger partial charge in [-0.25, -0.2) is 0 Å². The number of carbonyl (C=O) groups is 1. The zero-order valence-electron chi connectivity index (χ0n) is 12.4. The summed E-state index contributed by atoms with van der Waals surface area (Å²) in [5.41, 5.74) is 0.763. The molecule has 0 spiro atoms. The van der Waals surface area contributed by atoms with E-state index in [1.54, 1.807) is 16.9 Å². The number of hydrogen-bond donors (Lipinski definition) is 2. The second kappa shape index (κ2) is 7.03. The van der Waals surface area contributed by atoms with E-state index >= 15 is 0 Å². The number of hydrogen-bond acceptors (Lipinski definition) is 5. The third-order valence-corrected chi connectivity index (χ3v) is 4.18. The maximum absolute atomic E-state index is 12.1. The topological polar surface area (TPSA) is 119 Å². The van der Waals surface area contributed by atoms with Crippen LogP contribution in [0.4, 0.5) is 11.6 Å². The molecule has 11 heteroatoms. The van der Waals surface area contributed by atoms with Gasteiger partial charge < -0.3 is 15.4 Å². The monoisotopic (exact) mass is 424 g/mol. The molecule has 0 bridgehead atoms. The molecule has 3 aromatic rings. The van der Waals surface area contributed by atoms with Crippen molar-refractivity contribution >= 4 is 45.1 Å². The Balaban J connectivity index is 1.75. The highest BCUT2D eigenvalue weighted by Crippen LogP contribution is 2.23. The fraction of sp³-hybridized carbons (Fsp3) is 0.0714. The van der Waals surface area contributed by atoms with E-state index in [0.717, 1.165) is 11.6 Å². The molecule has 1 amide bonds. The van der Waals surface area contributed by atoms with E-state index in [-0.39, 0.29) is 17.3 Å². The summed E-state index contributed by atoms with van der Waals surface area (Å²) in [4.78, 5) is 22.1. The van der Waals surface area contributed by atoms with Crippen LogP contribution in [0, 0.1) is 10.1 Å². The molecule has 0 unspecified atom stereocenters. The molecule has 0 fully saturated rings. The van der Waals surface area contributed by atoms with Gasteiger partial charge in [-0.05, 0) is 32.5 Å². The van der Waals surface area contributed by atoms with Gasteiger partial charge in [-0.1, -0.05) is 34.9 Å². The molecular formula is C14H10BrClN6O3. The van der Waals surface area contributed by atoms with Gasteiger partial charge in [0.2, 0.25) is 0 Å². The normalized spacial score (nSPS) is 10.6. The number of benzene rings is 1. The SMILES string of the molecule is O=C(Nc1nn(Cc2ccccc2Cl)cc1Br)c1cc([N+](=O)[O-])[nH]n1. The molecule has 128 valence electrons. The number of nitro groups is 1. The van der Waals surface area contributed by atoms with Crippen LogP contribution in [0.5, 0.6) is 0 Å². The second-order valence-electron chi connectivity index (χ2n) is 4.96. The summed E-state index contributed by atoms with van der Waals surface area (Å²) in [6.07, 6.45) is 1.69. The predicted molar refractivity (Wildman–Crippen MR) is 93.7 cm³/mol. The van der Waals surface area contributed by atoms with Gasteiger partial charge in [-0.15, -0.1) is 5.10 Å². The molecule has 0 saturated carbocycles. The zero-order chi connectivity index (χ0) is 18.0. The molecule has 0 aliphatic rings. The number of amides is 1. The average Bonchev–Trinajstić information content (AvgIpc) is 3.17. The fourth-order valence-corrected chi connectivity index (χ4v) is 2.67. The standard InChI is InChI=1S/C14H10BrClN6O3/c15-9-7-21(6-8-3-1-2-4-10(8)16)20-13(9)17-14(23)11-5-12(19-18-11)22(24)25/h1-5,7H,6H2,(H,18,19)(H,17,20,23). The molecule has 2 heterocycles. The molecule has 3 rings (SSSR count). The summed E-state index contributed by atoms with van der Waals surface area (Å²) in [6.45, 7) is 0.419. The van der Waals surface area contributed by atoms with Crippen LogP contribution >= 0.6 is 27.5 Å². The summed E-state index contributed by atoms with van der Waals surface area (Å²) in [6, 6.07) is 8.40. The molecule has 0 saturated heterocycles. The lowest BCUT2D eigenvalue weighted by Gasteiger charge is -2.04. The van der Waals surface area contributed by atoms with Crippen molar-refractivity contribution in [2.24, 2.45) is 0 Å². The van der Waals surface area contributed by atoms with E-state index in [1.807, 2.05) is 18.2 Å². The van der Waals surface area contributed by atoms with Gasteiger partial charge in [0, 0.05) is 11.2 Å². The Morgan fingerprint density at radius 1 is 1.44 bits per heavy atom. The Morgan fingerprint density at radius 2 is 2.20 bits per heavy atom. The largest absolute Gasteiger partial charge is 0.358 e. The molecule has 0 radical (unpaired) electrons. The van der Waals surface area contributed by atoms with Crippen LogP contribution in [0.1, 0.15) is 16.1 Å². The van der Waals surface area contributed by atoms with Crippen LogP contribution in [-0.2, 0) is 6.54 Å². The molecule has 0 aliphatic carbocycles. The minimum absolute atomic E-state index is 0.112. The highest BCUT2D eigenvalue weighted by molar-refractivity contribution is 9.10. The molecule has 9 nitrogen and oxygen atoms in total. The fourth-order valence-electron chi connectivity index (χ4n) is 2.06. The number of anilines is 1. The number of aromatic amines is 1. The van der Waals surface area contributed by atoms with Gasteiger partial charge in [0.15, 0.2) is 11.5 Å². The highest BCUT2D eigenvalue weighted by atomic mass is 79.9. The summed E-state index contributed by atoms with van der Waals surface area (Å²) in [7, 11) is 0. The number of nitrogens with one attached hydrogen (secondary N) is 2. The lowest BCUT2D eigenvalue weighted by atomic mass is 10.2. The first-order chi connectivity index (χ1) is 11.9. The van der Waals surface area contributed by atoms with Gasteiger partial charge in [0.05, 0.1) is 17.1 Å². The Hall–Kier alpha value is -2.72. The van der Waals surface area contributed by atoms with Gasteiger partial charge >= 0.3 is 5.82 Å². The molecule has 2 aromatic heterocycles. The zero-order valence-corrected chi connectivity index (χ0v) is 14.8. The van der Waals surface area contributed by atoms with Crippen molar-refractivity contribution in [3.8, 4) is 0 Å². The second-order valence-corrected chi connectivity index (χ2v) is 6.23. The number of halogens is 2. The van der Waals surface area contributed by atoms with Crippen LogP contribution < -0.4 is 5.32 Å². The van der Waals surface area contributed by atoms with Crippen molar-refractivity contribution in [3.63, 3.8) is 0 Å². The van der Waals surface area contributed by atoms with Crippen LogP contribution in [0.2, 0.25) is 5.02 Å². The maximum Gasteiger partial charge on any atom is 0.343 e. The molecule has 1 aromatic carbocycles. The Kier molecular flexibility index (Phi) is 4.81. The van der Waals surface area contributed by atoms with Crippen molar-refractivity contribution in [3.05, 3.63) is 67.4 Å². The maximum atomic E-state index is 12.1. The number of carbonyl (C=O) groups excluding carboxylic acids is 1. The van der Waals surface area contributed by atoms with Crippen molar-refractivity contribution in [2.45, 2.75) is 6.54 Å². The van der Waals surface area contributed by atoms with Crippen LogP contribution in [0.3, 0.4) is 0 Å². The lowest BCUT2D eigenvalue weighted by molar-refractivity contribution is -0.389. The number of nitrogens with zero attached hydrogens (tertiary/aromatic N) is 4.